The molecule has 164 valence electrons. The lowest BCUT2D eigenvalue weighted by Gasteiger charge is -2.24. The van der Waals surface area contributed by atoms with Crippen molar-refractivity contribution in [3.05, 3.63) is 70.8 Å². The Labute approximate surface area is 182 Å². The summed E-state index contributed by atoms with van der Waals surface area (Å²) in [7, 11) is 0. The summed E-state index contributed by atoms with van der Waals surface area (Å²) in [5, 5.41) is 8.62. The van der Waals surface area contributed by atoms with Crippen LogP contribution in [-0.4, -0.2) is 17.9 Å². The maximum atomic E-state index is 10.5. The molecule has 0 radical (unpaired) electrons. The average molecular weight is 411 g/mol. The fourth-order valence-corrected chi connectivity index (χ4v) is 4.21. The van der Waals surface area contributed by atoms with Crippen molar-refractivity contribution in [3.8, 4) is 0 Å². The molecule has 0 amide bonds. The molecular formula is C27H38O3. The van der Waals surface area contributed by atoms with E-state index in [1.165, 1.54) is 42.4 Å². The average Bonchev–Trinajstić information content (AvgIpc) is 2.76. The van der Waals surface area contributed by atoms with Crippen molar-refractivity contribution in [1.29, 1.82) is 0 Å². The first-order valence-corrected chi connectivity index (χ1v) is 11.7. The molecule has 0 aliphatic rings. The standard InChI is InChI=1S/C27H38O3/c1-3-5-14-22-17-13-20-26(24(22)18-6-4-2)25(23-15-9-7-10-16-23)19-11-8-12-21-30-27(28)29/h7,9-10,13,15-17,20,25H,3-6,8,11-12,14,18-19,21H2,1-2H3,(H,28,29). The Morgan fingerprint density at radius 1 is 0.867 bits per heavy atom. The molecule has 1 N–H and O–H groups in total. The van der Waals surface area contributed by atoms with Gasteiger partial charge in [-0.3, -0.25) is 0 Å². The van der Waals surface area contributed by atoms with Gasteiger partial charge in [-0.1, -0.05) is 88.1 Å². The van der Waals surface area contributed by atoms with Crippen molar-refractivity contribution in [2.24, 2.45) is 0 Å². The second kappa shape index (κ2) is 13.8. The number of hydrogen-bond donors (Lipinski definition) is 1. The van der Waals surface area contributed by atoms with Crippen LogP contribution in [0.4, 0.5) is 4.79 Å². The van der Waals surface area contributed by atoms with Crippen molar-refractivity contribution < 1.29 is 14.6 Å². The third-order valence-corrected chi connectivity index (χ3v) is 5.83. The highest BCUT2D eigenvalue weighted by Crippen LogP contribution is 2.34. The number of unbranched alkanes of at least 4 members (excludes halogenated alkanes) is 4. The van der Waals surface area contributed by atoms with Gasteiger partial charge in [-0.25, -0.2) is 4.79 Å². The van der Waals surface area contributed by atoms with E-state index in [-0.39, 0.29) is 0 Å². The number of benzene rings is 2. The number of carbonyl (C=O) groups is 1. The van der Waals surface area contributed by atoms with Crippen LogP contribution in [0, 0.1) is 0 Å². The maximum absolute atomic E-state index is 10.5. The van der Waals surface area contributed by atoms with Gasteiger partial charge < -0.3 is 9.84 Å². The second-order valence-electron chi connectivity index (χ2n) is 8.12. The molecule has 0 saturated carbocycles. The minimum atomic E-state index is -1.18. The largest absolute Gasteiger partial charge is 0.505 e. The Bertz CT molecular complexity index is 739. The van der Waals surface area contributed by atoms with E-state index in [1.807, 2.05) is 0 Å². The third kappa shape index (κ3) is 7.85. The molecule has 3 nitrogen and oxygen atoms in total. The number of rotatable bonds is 14. The fourth-order valence-electron chi connectivity index (χ4n) is 4.21. The second-order valence-corrected chi connectivity index (χ2v) is 8.12. The normalized spacial score (nSPS) is 11.9. The van der Waals surface area contributed by atoms with Crippen LogP contribution in [0.2, 0.25) is 0 Å². The van der Waals surface area contributed by atoms with Gasteiger partial charge in [0.15, 0.2) is 0 Å². The smallest absolute Gasteiger partial charge is 0.450 e. The quantitative estimate of drug-likeness (QED) is 0.256. The summed E-state index contributed by atoms with van der Waals surface area (Å²) in [6.45, 7) is 4.82. The predicted octanol–water partition coefficient (Wildman–Crippen LogP) is 7.76. The highest BCUT2D eigenvalue weighted by molar-refractivity contribution is 5.56. The first-order chi connectivity index (χ1) is 14.7. The van der Waals surface area contributed by atoms with Crippen LogP contribution >= 0.6 is 0 Å². The van der Waals surface area contributed by atoms with E-state index < -0.39 is 6.16 Å². The lowest BCUT2D eigenvalue weighted by molar-refractivity contribution is 0.0899. The van der Waals surface area contributed by atoms with Crippen LogP contribution in [0.5, 0.6) is 0 Å². The first-order valence-electron chi connectivity index (χ1n) is 11.7. The van der Waals surface area contributed by atoms with Crippen LogP contribution < -0.4 is 0 Å². The third-order valence-electron chi connectivity index (χ3n) is 5.83. The molecule has 2 aromatic carbocycles. The summed E-state index contributed by atoms with van der Waals surface area (Å²) in [6, 6.07) is 17.8. The van der Waals surface area contributed by atoms with Gasteiger partial charge in [0.05, 0.1) is 6.61 Å². The highest BCUT2D eigenvalue weighted by atomic mass is 16.7. The fraction of sp³-hybridized carbons (Fsp3) is 0.519. The van der Waals surface area contributed by atoms with Gasteiger partial charge >= 0.3 is 6.16 Å². The van der Waals surface area contributed by atoms with Crippen molar-refractivity contribution in [3.63, 3.8) is 0 Å². The molecule has 1 unspecified atom stereocenters. The van der Waals surface area contributed by atoms with Gasteiger partial charge in [0.1, 0.15) is 0 Å². The molecule has 0 spiro atoms. The maximum Gasteiger partial charge on any atom is 0.505 e. The molecule has 2 rings (SSSR count). The van der Waals surface area contributed by atoms with E-state index in [4.69, 9.17) is 5.11 Å². The molecule has 0 saturated heterocycles. The predicted molar refractivity (Wildman–Crippen MR) is 124 cm³/mol. The van der Waals surface area contributed by atoms with E-state index in [0.717, 1.165) is 38.5 Å². The molecule has 0 aromatic heterocycles. The van der Waals surface area contributed by atoms with E-state index >= 15 is 0 Å². The summed E-state index contributed by atoms with van der Waals surface area (Å²) in [6.07, 6.45) is 9.94. The molecule has 3 heteroatoms. The van der Waals surface area contributed by atoms with E-state index in [9.17, 15) is 4.79 Å². The molecule has 0 fully saturated rings. The van der Waals surface area contributed by atoms with E-state index in [1.54, 1.807) is 5.56 Å². The number of carboxylic acid groups (broad SMARTS) is 1. The minimum Gasteiger partial charge on any atom is -0.450 e. The van der Waals surface area contributed by atoms with Crippen molar-refractivity contribution >= 4 is 6.16 Å². The first kappa shape index (κ1) is 24.0. The molecule has 0 aliphatic carbocycles. The highest BCUT2D eigenvalue weighted by Gasteiger charge is 2.19. The lowest BCUT2D eigenvalue weighted by atomic mass is 9.81. The van der Waals surface area contributed by atoms with Crippen LogP contribution in [-0.2, 0) is 17.6 Å². The van der Waals surface area contributed by atoms with Crippen LogP contribution in [0.3, 0.4) is 0 Å². The summed E-state index contributed by atoms with van der Waals surface area (Å²) in [5.74, 6) is 0.389. The Morgan fingerprint density at radius 2 is 1.60 bits per heavy atom. The van der Waals surface area contributed by atoms with Crippen LogP contribution in [0.1, 0.15) is 93.4 Å². The molecule has 0 aliphatic heterocycles. The Morgan fingerprint density at radius 3 is 2.30 bits per heavy atom. The minimum absolute atomic E-state index is 0.291. The van der Waals surface area contributed by atoms with Crippen LogP contribution in [0.15, 0.2) is 48.5 Å². The molecular weight excluding hydrogens is 372 g/mol. The molecule has 0 bridgehead atoms. The summed E-state index contributed by atoms with van der Waals surface area (Å²) in [4.78, 5) is 10.5. The Balaban J connectivity index is 2.23. The molecule has 0 heterocycles. The molecule has 2 aromatic rings. The van der Waals surface area contributed by atoms with Crippen molar-refractivity contribution in [1.82, 2.24) is 0 Å². The lowest BCUT2D eigenvalue weighted by Crippen LogP contribution is -2.09. The summed E-state index contributed by atoms with van der Waals surface area (Å²) < 4.78 is 4.65. The SMILES string of the molecule is CCCCc1cccc(C(CCCCCOC(=O)O)c2ccccc2)c1CCCC. The topological polar surface area (TPSA) is 46.5 Å². The number of aryl methyl sites for hydroxylation is 1. The molecule has 30 heavy (non-hydrogen) atoms. The van der Waals surface area contributed by atoms with Gasteiger partial charge in [0.2, 0.25) is 0 Å². The van der Waals surface area contributed by atoms with Crippen molar-refractivity contribution in [2.45, 2.75) is 84.0 Å². The van der Waals surface area contributed by atoms with Gasteiger partial charge in [0, 0.05) is 5.92 Å². The monoisotopic (exact) mass is 410 g/mol. The number of hydrogen-bond acceptors (Lipinski definition) is 2. The summed E-state index contributed by atoms with van der Waals surface area (Å²) in [5.41, 5.74) is 5.96. The summed E-state index contributed by atoms with van der Waals surface area (Å²) >= 11 is 0. The van der Waals surface area contributed by atoms with E-state index in [2.05, 4.69) is 67.1 Å². The van der Waals surface area contributed by atoms with Gasteiger partial charge in [-0.2, -0.15) is 0 Å². The zero-order valence-corrected chi connectivity index (χ0v) is 18.7. The van der Waals surface area contributed by atoms with Crippen molar-refractivity contribution in [2.75, 3.05) is 6.61 Å². The van der Waals surface area contributed by atoms with Gasteiger partial charge in [-0.15, -0.1) is 0 Å². The van der Waals surface area contributed by atoms with E-state index in [0.29, 0.717) is 12.5 Å². The zero-order valence-electron chi connectivity index (χ0n) is 18.7. The zero-order chi connectivity index (χ0) is 21.6. The molecule has 1 atom stereocenters. The van der Waals surface area contributed by atoms with Gasteiger partial charge in [-0.05, 0) is 60.8 Å². The van der Waals surface area contributed by atoms with Crippen LogP contribution in [0.25, 0.3) is 0 Å². The van der Waals surface area contributed by atoms with Gasteiger partial charge in [0.25, 0.3) is 0 Å². The Hall–Kier alpha value is -2.29. The Kier molecular flexibility index (Phi) is 11.1. The number of ether oxygens (including phenoxy) is 1.